The molecule has 1 aliphatic heterocycles. The summed E-state index contributed by atoms with van der Waals surface area (Å²) >= 11 is 0. The Balaban J connectivity index is 1.67. The molecule has 3 aromatic heterocycles. The third kappa shape index (κ3) is 2.96. The lowest BCUT2D eigenvalue weighted by molar-refractivity contribution is 0.601. The van der Waals surface area contributed by atoms with Crippen molar-refractivity contribution in [2.45, 2.75) is 26.3 Å². The van der Waals surface area contributed by atoms with Crippen LogP contribution in [0.5, 0.6) is 0 Å². The van der Waals surface area contributed by atoms with E-state index in [0.717, 1.165) is 41.4 Å². The summed E-state index contributed by atoms with van der Waals surface area (Å²) in [5.41, 5.74) is 4.26. The Bertz CT molecular complexity index is 926. The van der Waals surface area contributed by atoms with Crippen LogP contribution in [-0.2, 0) is 6.42 Å². The maximum absolute atomic E-state index is 4.72. The van der Waals surface area contributed by atoms with Gasteiger partial charge in [-0.2, -0.15) is 0 Å². The molecule has 1 unspecified atom stereocenters. The van der Waals surface area contributed by atoms with Crippen LogP contribution in [0.3, 0.4) is 0 Å². The van der Waals surface area contributed by atoms with Crippen molar-refractivity contribution >= 4 is 11.5 Å². The topological polar surface area (TPSA) is 79.7 Å². The van der Waals surface area contributed by atoms with E-state index in [1.54, 1.807) is 18.5 Å². The standard InChI is InChI=1S/C19H21N7/c1-12-9-14(20-3)10-17(24-12)26-8-5-16-15(13(26)2)11-23-19(25-16)18-21-6-4-7-22-18/h4,6-7,9-11,13H,5,8H2,1-3H3,(H,20,24). The van der Waals surface area contributed by atoms with Crippen molar-refractivity contribution in [3.8, 4) is 11.6 Å². The van der Waals surface area contributed by atoms with Gasteiger partial charge in [-0.15, -0.1) is 0 Å². The van der Waals surface area contributed by atoms with Crippen LogP contribution in [0, 0.1) is 6.92 Å². The summed E-state index contributed by atoms with van der Waals surface area (Å²) in [6, 6.07) is 6.07. The van der Waals surface area contributed by atoms with Crippen molar-refractivity contribution in [2.24, 2.45) is 0 Å². The molecular formula is C19H21N7. The molecule has 0 radical (unpaired) electrons. The van der Waals surface area contributed by atoms with E-state index in [9.17, 15) is 0 Å². The highest BCUT2D eigenvalue weighted by molar-refractivity contribution is 5.57. The molecule has 7 nitrogen and oxygen atoms in total. The van der Waals surface area contributed by atoms with Crippen LogP contribution in [-0.4, -0.2) is 38.5 Å². The third-order valence-corrected chi connectivity index (χ3v) is 4.70. The van der Waals surface area contributed by atoms with Gasteiger partial charge in [0.2, 0.25) is 0 Å². The molecule has 0 bridgehead atoms. The fourth-order valence-corrected chi connectivity index (χ4v) is 3.34. The van der Waals surface area contributed by atoms with Crippen LogP contribution in [0.4, 0.5) is 11.5 Å². The number of nitrogens with one attached hydrogen (secondary N) is 1. The molecule has 0 saturated heterocycles. The molecule has 0 aliphatic carbocycles. The fraction of sp³-hybridized carbons (Fsp3) is 0.316. The van der Waals surface area contributed by atoms with Gasteiger partial charge in [0.15, 0.2) is 11.6 Å². The molecule has 7 heteroatoms. The van der Waals surface area contributed by atoms with E-state index < -0.39 is 0 Å². The summed E-state index contributed by atoms with van der Waals surface area (Å²) in [6.45, 7) is 5.05. The van der Waals surface area contributed by atoms with Crippen molar-refractivity contribution < 1.29 is 0 Å². The van der Waals surface area contributed by atoms with Gasteiger partial charge in [-0.05, 0) is 26.0 Å². The average Bonchev–Trinajstić information content (AvgIpc) is 2.68. The van der Waals surface area contributed by atoms with E-state index in [1.807, 2.05) is 26.2 Å². The largest absolute Gasteiger partial charge is 0.388 e. The summed E-state index contributed by atoms with van der Waals surface area (Å²) in [5, 5.41) is 3.20. The first-order valence-electron chi connectivity index (χ1n) is 8.72. The molecular weight excluding hydrogens is 326 g/mol. The molecule has 0 saturated carbocycles. The van der Waals surface area contributed by atoms with Crippen LogP contribution < -0.4 is 10.2 Å². The first-order chi connectivity index (χ1) is 12.7. The summed E-state index contributed by atoms with van der Waals surface area (Å²) in [5.74, 6) is 2.11. The number of pyridine rings is 1. The first kappa shape index (κ1) is 16.4. The molecule has 4 rings (SSSR count). The Labute approximate surface area is 152 Å². The van der Waals surface area contributed by atoms with Gasteiger partial charge in [-0.1, -0.05) is 0 Å². The lowest BCUT2D eigenvalue weighted by Gasteiger charge is -2.35. The van der Waals surface area contributed by atoms with Crippen molar-refractivity contribution in [3.05, 3.63) is 53.7 Å². The lowest BCUT2D eigenvalue weighted by Crippen LogP contribution is -2.35. The maximum Gasteiger partial charge on any atom is 0.197 e. The SMILES string of the molecule is CNc1cc(C)nc(N2CCc3nc(-c4ncccn4)ncc3C2C)c1. The first-order valence-corrected chi connectivity index (χ1v) is 8.72. The number of fused-ring (bicyclic) bond motifs is 1. The molecule has 0 fully saturated rings. The smallest absolute Gasteiger partial charge is 0.197 e. The predicted octanol–water partition coefficient (Wildman–Crippen LogP) is 2.80. The van der Waals surface area contributed by atoms with Gasteiger partial charge in [0, 0.05) is 61.6 Å². The van der Waals surface area contributed by atoms with Crippen molar-refractivity contribution in [2.75, 3.05) is 23.8 Å². The molecule has 4 heterocycles. The van der Waals surface area contributed by atoms with E-state index in [2.05, 4.69) is 38.2 Å². The lowest BCUT2D eigenvalue weighted by atomic mass is 9.99. The van der Waals surface area contributed by atoms with Gasteiger partial charge in [0.05, 0.1) is 11.7 Å². The Kier molecular flexibility index (Phi) is 4.20. The number of hydrogen-bond acceptors (Lipinski definition) is 7. The van der Waals surface area contributed by atoms with Crippen molar-refractivity contribution in [1.29, 1.82) is 0 Å². The second-order valence-corrected chi connectivity index (χ2v) is 6.39. The van der Waals surface area contributed by atoms with Crippen LogP contribution in [0.2, 0.25) is 0 Å². The zero-order valence-electron chi connectivity index (χ0n) is 15.1. The summed E-state index contributed by atoms with van der Waals surface area (Å²) < 4.78 is 0. The minimum Gasteiger partial charge on any atom is -0.388 e. The molecule has 1 N–H and O–H groups in total. The van der Waals surface area contributed by atoms with Crippen LogP contribution in [0.25, 0.3) is 11.6 Å². The number of rotatable bonds is 3. The van der Waals surface area contributed by atoms with E-state index in [0.29, 0.717) is 11.6 Å². The van der Waals surface area contributed by atoms with Gasteiger partial charge in [0.25, 0.3) is 0 Å². The van der Waals surface area contributed by atoms with Crippen LogP contribution >= 0.6 is 0 Å². The van der Waals surface area contributed by atoms with Crippen LogP contribution in [0.15, 0.2) is 36.8 Å². The number of hydrogen-bond donors (Lipinski definition) is 1. The zero-order valence-corrected chi connectivity index (χ0v) is 15.1. The second-order valence-electron chi connectivity index (χ2n) is 6.39. The van der Waals surface area contributed by atoms with E-state index in [-0.39, 0.29) is 6.04 Å². The van der Waals surface area contributed by atoms with Crippen molar-refractivity contribution in [3.63, 3.8) is 0 Å². The second kappa shape index (κ2) is 6.67. The average molecular weight is 347 g/mol. The van der Waals surface area contributed by atoms with Gasteiger partial charge in [-0.3, -0.25) is 0 Å². The molecule has 26 heavy (non-hydrogen) atoms. The number of aromatic nitrogens is 5. The van der Waals surface area contributed by atoms with Gasteiger partial charge in [-0.25, -0.2) is 24.9 Å². The summed E-state index contributed by atoms with van der Waals surface area (Å²) in [7, 11) is 1.93. The number of nitrogens with zero attached hydrogens (tertiary/aromatic N) is 6. The highest BCUT2D eigenvalue weighted by Crippen LogP contribution is 2.33. The van der Waals surface area contributed by atoms with Gasteiger partial charge < -0.3 is 10.2 Å². The molecule has 3 aromatic rings. The minimum absolute atomic E-state index is 0.156. The van der Waals surface area contributed by atoms with Gasteiger partial charge >= 0.3 is 0 Å². The minimum atomic E-state index is 0.156. The third-order valence-electron chi connectivity index (χ3n) is 4.70. The highest BCUT2D eigenvalue weighted by Gasteiger charge is 2.27. The molecule has 132 valence electrons. The van der Waals surface area contributed by atoms with Crippen LogP contribution in [0.1, 0.15) is 29.9 Å². The fourth-order valence-electron chi connectivity index (χ4n) is 3.34. The van der Waals surface area contributed by atoms with E-state index >= 15 is 0 Å². The molecule has 1 aliphatic rings. The quantitative estimate of drug-likeness (QED) is 0.780. The Morgan fingerprint density at radius 2 is 1.88 bits per heavy atom. The Morgan fingerprint density at radius 1 is 1.08 bits per heavy atom. The maximum atomic E-state index is 4.72. The Hall–Kier alpha value is -3.09. The zero-order chi connectivity index (χ0) is 18.1. The number of aryl methyl sites for hydroxylation is 1. The predicted molar refractivity (Wildman–Crippen MR) is 101 cm³/mol. The molecule has 0 amide bonds. The molecule has 0 spiro atoms. The number of anilines is 2. The summed E-state index contributed by atoms with van der Waals surface area (Å²) in [6.07, 6.45) is 6.16. The normalized spacial score (nSPS) is 16.3. The Morgan fingerprint density at radius 3 is 2.65 bits per heavy atom. The highest BCUT2D eigenvalue weighted by atomic mass is 15.2. The van der Waals surface area contributed by atoms with E-state index in [4.69, 9.17) is 9.97 Å². The summed E-state index contributed by atoms with van der Waals surface area (Å²) in [4.78, 5) is 24.7. The van der Waals surface area contributed by atoms with Gasteiger partial charge in [0.1, 0.15) is 5.82 Å². The van der Waals surface area contributed by atoms with E-state index in [1.165, 1.54) is 0 Å². The molecule has 0 aromatic carbocycles. The molecule has 1 atom stereocenters. The monoisotopic (exact) mass is 347 g/mol. The van der Waals surface area contributed by atoms with Crippen molar-refractivity contribution in [1.82, 2.24) is 24.9 Å².